The number of likely N-dealkylation sites (tertiary alicyclic amines) is 1. The summed E-state index contributed by atoms with van der Waals surface area (Å²) in [7, 11) is 0. The van der Waals surface area contributed by atoms with Crippen molar-refractivity contribution in [3.8, 4) is 0 Å². The number of hydrogen-bond acceptors (Lipinski definition) is 3. The van der Waals surface area contributed by atoms with E-state index < -0.39 is 0 Å². The van der Waals surface area contributed by atoms with E-state index >= 15 is 0 Å². The first-order valence-corrected chi connectivity index (χ1v) is 8.91. The molecule has 0 unspecified atom stereocenters. The molecule has 23 heavy (non-hydrogen) atoms. The Hall–Kier alpha value is -1.33. The molecule has 0 radical (unpaired) electrons. The van der Waals surface area contributed by atoms with Gasteiger partial charge < -0.3 is 14.2 Å². The average molecular weight is 319 g/mol. The Labute approximate surface area is 139 Å². The molecule has 0 N–H and O–H groups in total. The quantitative estimate of drug-likeness (QED) is 0.833. The zero-order valence-electron chi connectivity index (χ0n) is 14.4. The Morgan fingerprint density at radius 3 is 2.57 bits per heavy atom. The first kappa shape index (κ1) is 16.5. The Balaban J connectivity index is 1.58. The molecule has 0 aromatic carbocycles. The van der Waals surface area contributed by atoms with Gasteiger partial charge in [-0.15, -0.1) is 0 Å². The van der Waals surface area contributed by atoms with E-state index in [0.717, 1.165) is 45.8 Å². The highest BCUT2D eigenvalue weighted by atomic mass is 16.5. The molecule has 128 valence electrons. The van der Waals surface area contributed by atoms with Crippen molar-refractivity contribution < 1.29 is 9.53 Å². The van der Waals surface area contributed by atoms with Crippen molar-refractivity contribution in [2.24, 2.45) is 5.92 Å². The van der Waals surface area contributed by atoms with Crippen LogP contribution in [0.1, 0.15) is 32.7 Å². The fourth-order valence-corrected chi connectivity index (χ4v) is 3.91. The number of carbonyl (C=O) groups is 1. The number of rotatable bonds is 5. The van der Waals surface area contributed by atoms with Crippen LogP contribution in [-0.4, -0.2) is 65.7 Å². The summed E-state index contributed by atoms with van der Waals surface area (Å²) in [4.78, 5) is 17.3. The molecular weight excluding hydrogens is 290 g/mol. The van der Waals surface area contributed by atoms with Gasteiger partial charge in [0.25, 0.3) is 0 Å². The molecule has 2 fully saturated rings. The molecule has 1 aromatic rings. The lowest BCUT2D eigenvalue weighted by molar-refractivity contribution is -0.131. The summed E-state index contributed by atoms with van der Waals surface area (Å²) in [5, 5.41) is 0. The molecule has 1 amide bonds. The summed E-state index contributed by atoms with van der Waals surface area (Å²) < 4.78 is 7.59. The average Bonchev–Trinajstić information content (AvgIpc) is 3.25. The monoisotopic (exact) mass is 319 g/mol. The maximum atomic E-state index is 12.7. The molecule has 0 aliphatic carbocycles. The van der Waals surface area contributed by atoms with Gasteiger partial charge in [-0.1, -0.05) is 13.3 Å². The van der Waals surface area contributed by atoms with Crippen LogP contribution in [0.25, 0.3) is 0 Å². The Kier molecular flexibility index (Phi) is 5.38. The van der Waals surface area contributed by atoms with Gasteiger partial charge in [-0.3, -0.25) is 9.69 Å². The second kappa shape index (κ2) is 7.49. The summed E-state index contributed by atoms with van der Waals surface area (Å²) in [5.41, 5.74) is 0. The molecule has 2 aliphatic heterocycles. The number of hydrogen-bond donors (Lipinski definition) is 0. The van der Waals surface area contributed by atoms with E-state index in [1.54, 1.807) is 0 Å². The second-order valence-electron chi connectivity index (χ2n) is 6.87. The van der Waals surface area contributed by atoms with Gasteiger partial charge in [-0.2, -0.15) is 0 Å². The lowest BCUT2D eigenvalue weighted by Gasteiger charge is -2.34. The lowest BCUT2D eigenvalue weighted by atomic mass is 9.99. The zero-order chi connectivity index (χ0) is 16.2. The number of morpholine rings is 1. The van der Waals surface area contributed by atoms with E-state index in [-0.39, 0.29) is 6.04 Å². The van der Waals surface area contributed by atoms with Crippen LogP contribution in [0, 0.1) is 5.92 Å². The van der Waals surface area contributed by atoms with Crippen LogP contribution in [0.15, 0.2) is 24.5 Å². The van der Waals surface area contributed by atoms with Crippen molar-refractivity contribution >= 4 is 5.91 Å². The number of ether oxygens (including phenoxy) is 1. The van der Waals surface area contributed by atoms with Crippen LogP contribution in [0.3, 0.4) is 0 Å². The van der Waals surface area contributed by atoms with E-state index in [2.05, 4.69) is 28.2 Å². The molecule has 3 rings (SSSR count). The SMILES string of the molecule is CC[C@@H]1CN(C(=O)C[C@H](C)n2cccc2)C[C@@H]1N1CCOCC1. The van der Waals surface area contributed by atoms with Gasteiger partial charge in [-0.25, -0.2) is 0 Å². The third kappa shape index (κ3) is 3.78. The highest BCUT2D eigenvalue weighted by Gasteiger charge is 2.38. The predicted molar refractivity (Wildman–Crippen MR) is 90.3 cm³/mol. The van der Waals surface area contributed by atoms with E-state index in [9.17, 15) is 4.79 Å². The van der Waals surface area contributed by atoms with Crippen molar-refractivity contribution in [2.45, 2.75) is 38.8 Å². The summed E-state index contributed by atoms with van der Waals surface area (Å²) in [6.45, 7) is 9.81. The molecule has 2 saturated heterocycles. The molecule has 1 aromatic heterocycles. The van der Waals surface area contributed by atoms with Gasteiger partial charge >= 0.3 is 0 Å². The topological polar surface area (TPSA) is 37.7 Å². The number of aromatic nitrogens is 1. The summed E-state index contributed by atoms with van der Waals surface area (Å²) in [6, 6.07) is 4.76. The van der Waals surface area contributed by atoms with Crippen molar-refractivity contribution in [1.82, 2.24) is 14.4 Å². The summed E-state index contributed by atoms with van der Waals surface area (Å²) >= 11 is 0. The summed E-state index contributed by atoms with van der Waals surface area (Å²) in [5.74, 6) is 0.888. The summed E-state index contributed by atoms with van der Waals surface area (Å²) in [6.07, 6.45) is 5.79. The fourth-order valence-electron chi connectivity index (χ4n) is 3.91. The third-order valence-electron chi connectivity index (χ3n) is 5.40. The van der Waals surface area contributed by atoms with Crippen LogP contribution >= 0.6 is 0 Å². The van der Waals surface area contributed by atoms with E-state index in [1.165, 1.54) is 0 Å². The molecule has 3 atom stereocenters. The normalized spacial score (nSPS) is 27.3. The molecule has 0 saturated carbocycles. The minimum Gasteiger partial charge on any atom is -0.379 e. The Morgan fingerprint density at radius 1 is 1.22 bits per heavy atom. The van der Waals surface area contributed by atoms with Crippen LogP contribution in [0.2, 0.25) is 0 Å². The molecular formula is C18H29N3O2. The molecule has 2 aliphatic rings. The van der Waals surface area contributed by atoms with E-state index in [1.807, 2.05) is 24.5 Å². The number of carbonyl (C=O) groups excluding carboxylic acids is 1. The first-order valence-electron chi connectivity index (χ1n) is 8.91. The minimum atomic E-state index is 0.222. The smallest absolute Gasteiger partial charge is 0.224 e. The minimum absolute atomic E-state index is 0.222. The van der Waals surface area contributed by atoms with Gasteiger partial charge in [0.05, 0.1) is 13.2 Å². The fraction of sp³-hybridized carbons (Fsp3) is 0.722. The molecule has 5 heteroatoms. The van der Waals surface area contributed by atoms with Crippen LogP contribution in [-0.2, 0) is 9.53 Å². The van der Waals surface area contributed by atoms with Crippen molar-refractivity contribution in [2.75, 3.05) is 39.4 Å². The third-order valence-corrected chi connectivity index (χ3v) is 5.40. The predicted octanol–water partition coefficient (Wildman–Crippen LogP) is 2.01. The van der Waals surface area contributed by atoms with Crippen LogP contribution < -0.4 is 0 Å². The maximum absolute atomic E-state index is 12.7. The van der Waals surface area contributed by atoms with E-state index in [4.69, 9.17) is 4.74 Å². The van der Waals surface area contributed by atoms with Gasteiger partial charge in [0.15, 0.2) is 0 Å². The zero-order valence-corrected chi connectivity index (χ0v) is 14.4. The van der Waals surface area contributed by atoms with Gasteiger partial charge in [0, 0.05) is 57.1 Å². The second-order valence-corrected chi connectivity index (χ2v) is 6.87. The van der Waals surface area contributed by atoms with Crippen molar-refractivity contribution in [3.63, 3.8) is 0 Å². The Bertz CT molecular complexity index is 496. The van der Waals surface area contributed by atoms with Gasteiger partial charge in [0.1, 0.15) is 0 Å². The molecule has 0 bridgehead atoms. The highest BCUT2D eigenvalue weighted by molar-refractivity contribution is 5.77. The van der Waals surface area contributed by atoms with Crippen molar-refractivity contribution in [3.05, 3.63) is 24.5 Å². The molecule has 3 heterocycles. The van der Waals surface area contributed by atoms with Gasteiger partial charge in [0.2, 0.25) is 5.91 Å². The van der Waals surface area contributed by atoms with Crippen LogP contribution in [0.4, 0.5) is 0 Å². The number of nitrogens with zero attached hydrogens (tertiary/aromatic N) is 3. The van der Waals surface area contributed by atoms with Crippen LogP contribution in [0.5, 0.6) is 0 Å². The van der Waals surface area contributed by atoms with Gasteiger partial charge in [-0.05, 0) is 25.0 Å². The highest BCUT2D eigenvalue weighted by Crippen LogP contribution is 2.27. The maximum Gasteiger partial charge on any atom is 0.224 e. The van der Waals surface area contributed by atoms with Crippen molar-refractivity contribution in [1.29, 1.82) is 0 Å². The molecule has 0 spiro atoms. The standard InChI is InChI=1S/C18H29N3O2/c1-3-16-13-21(14-17(16)20-8-10-23-11-9-20)18(22)12-15(2)19-6-4-5-7-19/h4-7,15-17H,3,8-14H2,1-2H3/t15-,16+,17-/m0/s1. The molecule has 5 nitrogen and oxygen atoms in total. The first-order chi connectivity index (χ1) is 11.2. The number of amides is 1. The van der Waals surface area contributed by atoms with E-state index in [0.29, 0.717) is 24.3 Å². The lowest BCUT2D eigenvalue weighted by Crippen LogP contribution is -2.47. The Morgan fingerprint density at radius 2 is 1.91 bits per heavy atom. The largest absolute Gasteiger partial charge is 0.379 e.